The minimum absolute atomic E-state index is 0.139. The molecule has 0 aliphatic heterocycles. The van der Waals surface area contributed by atoms with Gasteiger partial charge in [0.15, 0.2) is 0 Å². The number of nitrogens with two attached hydrogens (primary N) is 1. The summed E-state index contributed by atoms with van der Waals surface area (Å²) in [5, 5.41) is 3.78. The lowest BCUT2D eigenvalue weighted by molar-refractivity contribution is 0.0959. The standard InChI is InChI=1S/C17H16BrN3OS/c1-10-2-7-13-14(19)15(23-17(13)21-10)16(22)20-9-8-11-3-5-12(18)6-4-11/h2-7H,8-9,19H2,1H3,(H,20,22). The molecule has 0 saturated heterocycles. The molecule has 0 atom stereocenters. The Bertz CT molecular complexity index is 858. The number of halogens is 1. The zero-order chi connectivity index (χ0) is 16.4. The Labute approximate surface area is 146 Å². The van der Waals surface area contributed by atoms with Gasteiger partial charge < -0.3 is 11.1 Å². The molecule has 118 valence electrons. The molecule has 6 heteroatoms. The van der Waals surface area contributed by atoms with Gasteiger partial charge in [0.25, 0.3) is 5.91 Å². The van der Waals surface area contributed by atoms with E-state index in [2.05, 4.69) is 26.2 Å². The van der Waals surface area contributed by atoms with E-state index in [1.807, 2.05) is 43.3 Å². The molecule has 3 aromatic rings. The normalized spacial score (nSPS) is 10.9. The third-order valence-corrected chi connectivity index (χ3v) is 5.19. The first-order valence-corrected chi connectivity index (χ1v) is 8.84. The van der Waals surface area contributed by atoms with E-state index >= 15 is 0 Å². The van der Waals surface area contributed by atoms with Crippen LogP contribution in [0.2, 0.25) is 0 Å². The van der Waals surface area contributed by atoms with Gasteiger partial charge in [-0.1, -0.05) is 28.1 Å². The quantitative estimate of drug-likeness (QED) is 0.710. The van der Waals surface area contributed by atoms with Gasteiger partial charge in [-0.15, -0.1) is 11.3 Å². The molecule has 2 heterocycles. The second kappa shape index (κ2) is 6.68. The Morgan fingerprint density at radius 2 is 2.00 bits per heavy atom. The Morgan fingerprint density at radius 3 is 2.74 bits per heavy atom. The predicted molar refractivity (Wildman–Crippen MR) is 98.9 cm³/mol. The van der Waals surface area contributed by atoms with E-state index in [4.69, 9.17) is 5.73 Å². The van der Waals surface area contributed by atoms with Gasteiger partial charge >= 0.3 is 0 Å². The van der Waals surface area contributed by atoms with Crippen LogP contribution in [-0.2, 0) is 6.42 Å². The topological polar surface area (TPSA) is 68.0 Å². The number of benzene rings is 1. The first kappa shape index (κ1) is 16.0. The Kier molecular flexibility index (Phi) is 4.63. The number of aryl methyl sites for hydroxylation is 1. The summed E-state index contributed by atoms with van der Waals surface area (Å²) in [5.41, 5.74) is 8.70. The van der Waals surface area contributed by atoms with Crippen molar-refractivity contribution in [2.24, 2.45) is 0 Å². The van der Waals surface area contributed by atoms with Crippen molar-refractivity contribution < 1.29 is 4.79 Å². The van der Waals surface area contributed by atoms with E-state index in [9.17, 15) is 4.79 Å². The van der Waals surface area contributed by atoms with Gasteiger partial charge in [0, 0.05) is 22.1 Å². The molecular formula is C17H16BrN3OS. The van der Waals surface area contributed by atoms with Crippen LogP contribution < -0.4 is 11.1 Å². The van der Waals surface area contributed by atoms with Crippen molar-refractivity contribution in [3.8, 4) is 0 Å². The first-order chi connectivity index (χ1) is 11.0. The van der Waals surface area contributed by atoms with Gasteiger partial charge in [-0.2, -0.15) is 0 Å². The SMILES string of the molecule is Cc1ccc2c(N)c(C(=O)NCCc3ccc(Br)cc3)sc2n1. The van der Waals surface area contributed by atoms with E-state index < -0.39 is 0 Å². The number of rotatable bonds is 4. The molecular weight excluding hydrogens is 374 g/mol. The van der Waals surface area contributed by atoms with Crippen LogP contribution in [-0.4, -0.2) is 17.4 Å². The molecule has 0 aliphatic carbocycles. The molecule has 0 spiro atoms. The highest BCUT2D eigenvalue weighted by atomic mass is 79.9. The minimum atomic E-state index is -0.139. The number of nitrogens with one attached hydrogen (secondary N) is 1. The molecule has 4 nitrogen and oxygen atoms in total. The summed E-state index contributed by atoms with van der Waals surface area (Å²) in [7, 11) is 0. The van der Waals surface area contributed by atoms with Gasteiger partial charge in [-0.25, -0.2) is 4.98 Å². The second-order valence-electron chi connectivity index (χ2n) is 5.28. The summed E-state index contributed by atoms with van der Waals surface area (Å²) in [6.07, 6.45) is 0.779. The van der Waals surface area contributed by atoms with Gasteiger partial charge in [0.1, 0.15) is 9.71 Å². The number of anilines is 1. The van der Waals surface area contributed by atoms with Crippen molar-refractivity contribution >= 4 is 49.1 Å². The zero-order valence-electron chi connectivity index (χ0n) is 12.6. The highest BCUT2D eigenvalue weighted by molar-refractivity contribution is 9.10. The predicted octanol–water partition coefficient (Wildman–Crippen LogP) is 3.92. The monoisotopic (exact) mass is 389 g/mol. The molecule has 0 unspecified atom stereocenters. The summed E-state index contributed by atoms with van der Waals surface area (Å²) < 4.78 is 1.05. The first-order valence-electron chi connectivity index (χ1n) is 7.23. The lowest BCUT2D eigenvalue weighted by Gasteiger charge is -2.05. The number of nitrogens with zero attached hydrogens (tertiary/aromatic N) is 1. The second-order valence-corrected chi connectivity index (χ2v) is 7.20. The summed E-state index contributed by atoms with van der Waals surface area (Å²) >= 11 is 4.75. The molecule has 0 fully saturated rings. The highest BCUT2D eigenvalue weighted by Crippen LogP contribution is 2.32. The number of carbonyl (C=O) groups excluding carboxylic acids is 1. The van der Waals surface area contributed by atoms with Crippen LogP contribution in [0.15, 0.2) is 40.9 Å². The summed E-state index contributed by atoms with van der Waals surface area (Å²) in [6.45, 7) is 2.49. The molecule has 0 radical (unpaired) electrons. The summed E-state index contributed by atoms with van der Waals surface area (Å²) in [4.78, 5) is 18.1. The van der Waals surface area contributed by atoms with Gasteiger partial charge in [-0.3, -0.25) is 4.79 Å². The molecule has 23 heavy (non-hydrogen) atoms. The average Bonchev–Trinajstić information content (AvgIpc) is 2.85. The number of hydrogen-bond donors (Lipinski definition) is 2. The number of amides is 1. The van der Waals surface area contributed by atoms with Crippen molar-refractivity contribution in [3.63, 3.8) is 0 Å². The lowest BCUT2D eigenvalue weighted by atomic mass is 10.1. The van der Waals surface area contributed by atoms with Gasteiger partial charge in [0.2, 0.25) is 0 Å². The van der Waals surface area contributed by atoms with Crippen LogP contribution in [0.1, 0.15) is 20.9 Å². The van der Waals surface area contributed by atoms with Crippen molar-refractivity contribution in [1.82, 2.24) is 10.3 Å². The van der Waals surface area contributed by atoms with Gasteiger partial charge in [0.05, 0.1) is 5.69 Å². The fraction of sp³-hybridized carbons (Fsp3) is 0.176. The highest BCUT2D eigenvalue weighted by Gasteiger charge is 2.16. The lowest BCUT2D eigenvalue weighted by Crippen LogP contribution is -2.25. The third kappa shape index (κ3) is 3.54. The van der Waals surface area contributed by atoms with Crippen LogP contribution in [0.4, 0.5) is 5.69 Å². The Balaban J connectivity index is 1.68. The van der Waals surface area contributed by atoms with Crippen LogP contribution in [0.3, 0.4) is 0 Å². The molecule has 0 bridgehead atoms. The molecule has 0 saturated carbocycles. The van der Waals surface area contributed by atoms with Crippen LogP contribution >= 0.6 is 27.3 Å². The molecule has 0 aliphatic rings. The number of thiophene rings is 1. The fourth-order valence-electron chi connectivity index (χ4n) is 2.31. The number of carbonyl (C=O) groups is 1. The maximum atomic E-state index is 12.3. The van der Waals surface area contributed by atoms with Crippen LogP contribution in [0.25, 0.3) is 10.2 Å². The summed E-state index contributed by atoms with van der Waals surface area (Å²) in [6, 6.07) is 11.9. The number of fused-ring (bicyclic) bond motifs is 1. The molecule has 2 aromatic heterocycles. The number of aromatic nitrogens is 1. The number of nitrogen functional groups attached to an aromatic ring is 1. The maximum absolute atomic E-state index is 12.3. The molecule has 3 rings (SSSR count). The van der Waals surface area contributed by atoms with Crippen molar-refractivity contribution in [2.45, 2.75) is 13.3 Å². The minimum Gasteiger partial charge on any atom is -0.397 e. The molecule has 1 amide bonds. The van der Waals surface area contributed by atoms with E-state index in [1.165, 1.54) is 16.9 Å². The van der Waals surface area contributed by atoms with Crippen molar-refractivity contribution in [2.75, 3.05) is 12.3 Å². The van der Waals surface area contributed by atoms with Crippen molar-refractivity contribution in [1.29, 1.82) is 0 Å². The van der Waals surface area contributed by atoms with E-state index in [-0.39, 0.29) is 5.91 Å². The largest absolute Gasteiger partial charge is 0.397 e. The number of hydrogen-bond acceptors (Lipinski definition) is 4. The smallest absolute Gasteiger partial charge is 0.263 e. The molecule has 1 aromatic carbocycles. The molecule has 3 N–H and O–H groups in total. The Morgan fingerprint density at radius 1 is 1.26 bits per heavy atom. The average molecular weight is 390 g/mol. The number of pyridine rings is 1. The van der Waals surface area contributed by atoms with E-state index in [0.29, 0.717) is 17.1 Å². The maximum Gasteiger partial charge on any atom is 0.263 e. The van der Waals surface area contributed by atoms with Gasteiger partial charge in [-0.05, 0) is 43.2 Å². The van der Waals surface area contributed by atoms with E-state index in [1.54, 1.807) is 0 Å². The van der Waals surface area contributed by atoms with E-state index in [0.717, 1.165) is 26.8 Å². The summed E-state index contributed by atoms with van der Waals surface area (Å²) in [5.74, 6) is -0.139. The fourth-order valence-corrected chi connectivity index (χ4v) is 3.63. The Hall–Kier alpha value is -1.92. The van der Waals surface area contributed by atoms with Crippen LogP contribution in [0.5, 0.6) is 0 Å². The zero-order valence-corrected chi connectivity index (χ0v) is 15.0. The van der Waals surface area contributed by atoms with Crippen LogP contribution in [0, 0.1) is 6.92 Å². The third-order valence-electron chi connectivity index (χ3n) is 3.55. The van der Waals surface area contributed by atoms with Crippen molar-refractivity contribution in [3.05, 3.63) is 57.0 Å².